The van der Waals surface area contributed by atoms with Gasteiger partial charge in [-0.3, -0.25) is 9.88 Å². The maximum atomic E-state index is 5.43. The second-order valence-electron chi connectivity index (χ2n) is 5.98. The average molecular weight is 347 g/mol. The van der Waals surface area contributed by atoms with Crippen molar-refractivity contribution in [3.63, 3.8) is 0 Å². The van der Waals surface area contributed by atoms with Gasteiger partial charge >= 0.3 is 0 Å². The first-order valence-corrected chi connectivity index (χ1v) is 8.17. The number of furan rings is 1. The van der Waals surface area contributed by atoms with Gasteiger partial charge in [0.1, 0.15) is 5.69 Å². The molecular weight excluding hydrogens is 330 g/mol. The zero-order valence-electron chi connectivity index (χ0n) is 14.2. The van der Waals surface area contributed by atoms with Gasteiger partial charge in [0.05, 0.1) is 12.8 Å². The second-order valence-corrected chi connectivity index (χ2v) is 5.98. The van der Waals surface area contributed by atoms with E-state index in [1.807, 2.05) is 49.8 Å². The van der Waals surface area contributed by atoms with E-state index in [0.717, 1.165) is 22.6 Å². The molecule has 130 valence electrons. The molecule has 7 nitrogen and oxygen atoms in total. The highest BCUT2D eigenvalue weighted by Crippen LogP contribution is 2.19. The van der Waals surface area contributed by atoms with Crippen LogP contribution in [0.25, 0.3) is 22.8 Å². The number of hydrogen-bond donors (Lipinski definition) is 0. The van der Waals surface area contributed by atoms with E-state index in [9.17, 15) is 0 Å². The van der Waals surface area contributed by atoms with Crippen molar-refractivity contribution < 1.29 is 8.94 Å². The molecule has 0 aromatic carbocycles. The van der Waals surface area contributed by atoms with Crippen LogP contribution in [-0.2, 0) is 13.1 Å². The largest absolute Gasteiger partial charge is 0.461 e. The van der Waals surface area contributed by atoms with E-state index in [-0.39, 0.29) is 0 Å². The fourth-order valence-corrected chi connectivity index (χ4v) is 2.64. The first-order valence-electron chi connectivity index (χ1n) is 8.17. The Labute approximate surface area is 150 Å². The van der Waals surface area contributed by atoms with Gasteiger partial charge in [-0.05, 0) is 31.3 Å². The van der Waals surface area contributed by atoms with E-state index in [1.54, 1.807) is 18.7 Å². The van der Waals surface area contributed by atoms with Crippen molar-refractivity contribution in [1.82, 2.24) is 25.0 Å². The normalized spacial score (nSPS) is 11.2. The topological polar surface area (TPSA) is 81.1 Å². The smallest absolute Gasteiger partial charge is 0.195 e. The zero-order valence-corrected chi connectivity index (χ0v) is 14.2. The molecule has 0 unspecified atom stereocenters. The molecular formula is C19H17N5O2. The minimum Gasteiger partial charge on any atom is -0.461 e. The number of hydrogen-bond acceptors (Lipinski definition) is 7. The van der Waals surface area contributed by atoms with E-state index in [1.165, 1.54) is 0 Å². The van der Waals surface area contributed by atoms with Crippen molar-refractivity contribution >= 4 is 0 Å². The molecule has 0 N–H and O–H groups in total. The van der Waals surface area contributed by atoms with E-state index in [4.69, 9.17) is 8.94 Å². The standard InChI is InChI=1S/C19H17N5O2/c1-24(12-14-9-21-19(22-10-14)18-5-3-7-25-18)13-16-8-17(23-26-16)15-4-2-6-20-11-15/h2-11H,12-13H2,1H3. The van der Waals surface area contributed by atoms with Crippen LogP contribution in [0.2, 0.25) is 0 Å². The van der Waals surface area contributed by atoms with Gasteiger partial charge < -0.3 is 8.94 Å². The fourth-order valence-electron chi connectivity index (χ4n) is 2.64. The Morgan fingerprint density at radius 2 is 1.92 bits per heavy atom. The number of pyridine rings is 1. The van der Waals surface area contributed by atoms with Crippen molar-refractivity contribution in [1.29, 1.82) is 0 Å². The summed E-state index contributed by atoms with van der Waals surface area (Å²) in [5.41, 5.74) is 2.73. The molecule has 26 heavy (non-hydrogen) atoms. The molecule has 0 fully saturated rings. The maximum Gasteiger partial charge on any atom is 0.195 e. The summed E-state index contributed by atoms with van der Waals surface area (Å²) < 4.78 is 10.7. The monoisotopic (exact) mass is 347 g/mol. The quantitative estimate of drug-likeness (QED) is 0.528. The molecule has 0 radical (unpaired) electrons. The first kappa shape index (κ1) is 16.2. The van der Waals surface area contributed by atoms with Crippen molar-refractivity contribution in [2.45, 2.75) is 13.1 Å². The van der Waals surface area contributed by atoms with E-state index < -0.39 is 0 Å². The van der Waals surface area contributed by atoms with Crippen LogP contribution in [0.15, 0.2) is 70.3 Å². The lowest BCUT2D eigenvalue weighted by molar-refractivity contribution is 0.266. The van der Waals surface area contributed by atoms with Crippen molar-refractivity contribution in [3.05, 3.63) is 72.7 Å². The highest BCUT2D eigenvalue weighted by atomic mass is 16.5. The molecule has 0 saturated heterocycles. The third kappa shape index (κ3) is 3.68. The first-order chi connectivity index (χ1) is 12.8. The lowest BCUT2D eigenvalue weighted by Gasteiger charge is -2.14. The molecule has 0 aliphatic rings. The van der Waals surface area contributed by atoms with Gasteiger partial charge in [0.2, 0.25) is 0 Å². The summed E-state index contributed by atoms with van der Waals surface area (Å²) in [6.07, 6.45) is 8.73. The molecule has 4 rings (SSSR count). The number of nitrogens with zero attached hydrogens (tertiary/aromatic N) is 5. The zero-order chi connectivity index (χ0) is 17.8. The van der Waals surface area contributed by atoms with Gasteiger partial charge in [0, 0.05) is 48.5 Å². The summed E-state index contributed by atoms with van der Waals surface area (Å²) in [4.78, 5) is 14.9. The summed E-state index contributed by atoms with van der Waals surface area (Å²) in [5, 5.41) is 4.11. The van der Waals surface area contributed by atoms with Gasteiger partial charge in [-0.1, -0.05) is 5.16 Å². The van der Waals surface area contributed by atoms with Crippen LogP contribution < -0.4 is 0 Å². The van der Waals surface area contributed by atoms with E-state index in [0.29, 0.717) is 24.7 Å². The van der Waals surface area contributed by atoms with Gasteiger partial charge in [-0.15, -0.1) is 0 Å². The van der Waals surface area contributed by atoms with Crippen LogP contribution in [0.4, 0.5) is 0 Å². The highest BCUT2D eigenvalue weighted by molar-refractivity contribution is 5.57. The van der Waals surface area contributed by atoms with Crippen molar-refractivity contribution in [2.75, 3.05) is 7.05 Å². The van der Waals surface area contributed by atoms with Crippen molar-refractivity contribution in [3.8, 4) is 22.8 Å². The Bertz CT molecular complexity index is 949. The minimum atomic E-state index is 0.581. The van der Waals surface area contributed by atoms with Crippen LogP contribution >= 0.6 is 0 Å². The van der Waals surface area contributed by atoms with Gasteiger partial charge in [0.25, 0.3) is 0 Å². The average Bonchev–Trinajstić information content (AvgIpc) is 3.35. The predicted octanol–water partition coefficient (Wildman–Crippen LogP) is 3.42. The molecule has 0 spiro atoms. The summed E-state index contributed by atoms with van der Waals surface area (Å²) in [6.45, 7) is 1.33. The minimum absolute atomic E-state index is 0.581. The van der Waals surface area contributed by atoms with E-state index >= 15 is 0 Å². The Morgan fingerprint density at radius 1 is 1.04 bits per heavy atom. The third-order valence-corrected chi connectivity index (χ3v) is 3.84. The maximum absolute atomic E-state index is 5.43. The molecule has 4 aromatic heterocycles. The summed E-state index contributed by atoms with van der Waals surface area (Å²) >= 11 is 0. The van der Waals surface area contributed by atoms with Crippen LogP contribution in [0.5, 0.6) is 0 Å². The molecule has 7 heteroatoms. The Balaban J connectivity index is 1.38. The molecule has 0 amide bonds. The molecule has 0 saturated carbocycles. The van der Waals surface area contributed by atoms with Gasteiger partial charge in [-0.25, -0.2) is 9.97 Å². The number of aromatic nitrogens is 4. The molecule has 0 atom stereocenters. The lowest BCUT2D eigenvalue weighted by Crippen LogP contribution is -2.17. The van der Waals surface area contributed by atoms with Crippen LogP contribution in [-0.4, -0.2) is 32.1 Å². The summed E-state index contributed by atoms with van der Waals surface area (Å²) in [6, 6.07) is 9.42. The summed E-state index contributed by atoms with van der Waals surface area (Å²) in [5.74, 6) is 2.03. The van der Waals surface area contributed by atoms with E-state index in [2.05, 4.69) is 25.0 Å². The molecule has 0 bridgehead atoms. The SMILES string of the molecule is CN(Cc1cnc(-c2ccco2)nc1)Cc1cc(-c2cccnc2)no1. The van der Waals surface area contributed by atoms with Crippen LogP contribution in [0.1, 0.15) is 11.3 Å². The highest BCUT2D eigenvalue weighted by Gasteiger charge is 2.10. The molecule has 0 aliphatic heterocycles. The third-order valence-electron chi connectivity index (χ3n) is 3.84. The fraction of sp³-hybridized carbons (Fsp3) is 0.158. The second kappa shape index (κ2) is 7.28. The molecule has 0 aliphatic carbocycles. The Hall–Kier alpha value is -3.32. The molecule has 4 heterocycles. The predicted molar refractivity (Wildman–Crippen MR) is 94.6 cm³/mol. The van der Waals surface area contributed by atoms with Crippen LogP contribution in [0, 0.1) is 0 Å². The molecule has 4 aromatic rings. The van der Waals surface area contributed by atoms with Crippen LogP contribution in [0.3, 0.4) is 0 Å². The summed E-state index contributed by atoms with van der Waals surface area (Å²) in [7, 11) is 2.01. The van der Waals surface area contributed by atoms with Crippen molar-refractivity contribution in [2.24, 2.45) is 0 Å². The Morgan fingerprint density at radius 3 is 2.65 bits per heavy atom. The Kier molecular flexibility index (Phi) is 4.53. The van der Waals surface area contributed by atoms with Gasteiger partial charge in [-0.2, -0.15) is 0 Å². The van der Waals surface area contributed by atoms with Gasteiger partial charge in [0.15, 0.2) is 17.3 Å². The lowest BCUT2D eigenvalue weighted by atomic mass is 10.2. The number of rotatable bonds is 6.